The Labute approximate surface area is 87.4 Å². The van der Waals surface area contributed by atoms with Gasteiger partial charge in [-0.3, -0.25) is 4.79 Å². The van der Waals surface area contributed by atoms with Gasteiger partial charge in [0.2, 0.25) is 5.91 Å². The molecule has 0 spiro atoms. The largest absolute Gasteiger partial charge is 0.480 e. The molecular formula is C8H16N2O3S. The molecule has 0 unspecified atom stereocenters. The third-order valence-electron chi connectivity index (χ3n) is 1.55. The van der Waals surface area contributed by atoms with Crippen LogP contribution in [0.1, 0.15) is 13.3 Å². The molecule has 0 aliphatic carbocycles. The number of carbonyl (C=O) groups is 2. The molecular weight excluding hydrogens is 204 g/mol. The summed E-state index contributed by atoms with van der Waals surface area (Å²) in [4.78, 5) is 21.6. The van der Waals surface area contributed by atoms with E-state index in [4.69, 9.17) is 10.8 Å². The van der Waals surface area contributed by atoms with Crippen molar-refractivity contribution in [2.24, 2.45) is 5.73 Å². The number of carboxylic acids is 1. The number of hydrogen-bond acceptors (Lipinski definition) is 4. The van der Waals surface area contributed by atoms with Crippen LogP contribution >= 0.6 is 11.8 Å². The highest BCUT2D eigenvalue weighted by Gasteiger charge is 2.17. The first kappa shape index (κ1) is 13.2. The monoisotopic (exact) mass is 220 g/mol. The summed E-state index contributed by atoms with van der Waals surface area (Å²) in [7, 11) is 0. The van der Waals surface area contributed by atoms with Crippen molar-refractivity contribution in [3.8, 4) is 0 Å². The normalized spacial score (nSPS) is 12.1. The highest BCUT2D eigenvalue weighted by atomic mass is 32.2. The SMILES string of the molecule is CCSCCC(=O)N[C@H](CN)C(=O)O. The Morgan fingerprint density at radius 2 is 2.21 bits per heavy atom. The van der Waals surface area contributed by atoms with Gasteiger partial charge in [-0.15, -0.1) is 0 Å². The standard InChI is InChI=1S/C8H16N2O3S/c1-2-14-4-3-7(11)10-6(5-9)8(12)13/h6H,2-5,9H2,1H3,(H,10,11)(H,12,13)/t6-/m1/s1. The number of nitrogens with one attached hydrogen (secondary N) is 1. The lowest BCUT2D eigenvalue weighted by atomic mass is 10.3. The molecule has 4 N–H and O–H groups in total. The van der Waals surface area contributed by atoms with Crippen molar-refractivity contribution in [3.63, 3.8) is 0 Å². The van der Waals surface area contributed by atoms with Crippen LogP contribution < -0.4 is 11.1 Å². The molecule has 0 aliphatic heterocycles. The minimum Gasteiger partial charge on any atom is -0.480 e. The summed E-state index contributed by atoms with van der Waals surface area (Å²) < 4.78 is 0. The lowest BCUT2D eigenvalue weighted by Gasteiger charge is -2.11. The second-order valence-corrected chi connectivity index (χ2v) is 4.03. The second kappa shape index (κ2) is 7.64. The van der Waals surface area contributed by atoms with Crippen LogP contribution in [-0.2, 0) is 9.59 Å². The Hall–Kier alpha value is -0.750. The predicted molar refractivity (Wildman–Crippen MR) is 56.2 cm³/mol. The summed E-state index contributed by atoms with van der Waals surface area (Å²) >= 11 is 1.64. The summed E-state index contributed by atoms with van der Waals surface area (Å²) in [5.74, 6) is 0.305. The Kier molecular flexibility index (Phi) is 7.23. The Bertz CT molecular complexity index is 199. The maximum Gasteiger partial charge on any atom is 0.327 e. The van der Waals surface area contributed by atoms with Gasteiger partial charge >= 0.3 is 5.97 Å². The fraction of sp³-hybridized carbons (Fsp3) is 0.750. The summed E-state index contributed by atoms with van der Waals surface area (Å²) in [5.41, 5.74) is 5.18. The fourth-order valence-electron chi connectivity index (χ4n) is 0.797. The van der Waals surface area contributed by atoms with Gasteiger partial charge in [-0.25, -0.2) is 4.79 Å². The van der Waals surface area contributed by atoms with E-state index in [9.17, 15) is 9.59 Å². The van der Waals surface area contributed by atoms with Gasteiger partial charge in [-0.1, -0.05) is 6.92 Å². The number of carboxylic acid groups (broad SMARTS) is 1. The van der Waals surface area contributed by atoms with Crippen LogP contribution in [0.15, 0.2) is 0 Å². The molecule has 0 rings (SSSR count). The van der Waals surface area contributed by atoms with Gasteiger partial charge in [-0.2, -0.15) is 11.8 Å². The first-order valence-corrected chi connectivity index (χ1v) is 5.57. The second-order valence-electron chi connectivity index (χ2n) is 2.64. The number of carbonyl (C=O) groups excluding carboxylic acids is 1. The molecule has 1 amide bonds. The van der Waals surface area contributed by atoms with Gasteiger partial charge in [0.25, 0.3) is 0 Å². The van der Waals surface area contributed by atoms with E-state index in [1.807, 2.05) is 6.92 Å². The zero-order valence-corrected chi connectivity index (χ0v) is 8.97. The maximum atomic E-state index is 11.1. The van der Waals surface area contributed by atoms with Crippen LogP contribution in [0.25, 0.3) is 0 Å². The van der Waals surface area contributed by atoms with Crippen molar-refractivity contribution in [2.45, 2.75) is 19.4 Å². The van der Waals surface area contributed by atoms with E-state index in [0.29, 0.717) is 12.2 Å². The molecule has 0 fully saturated rings. The molecule has 0 radical (unpaired) electrons. The smallest absolute Gasteiger partial charge is 0.327 e. The van der Waals surface area contributed by atoms with E-state index in [-0.39, 0.29) is 12.5 Å². The molecule has 6 heteroatoms. The van der Waals surface area contributed by atoms with E-state index >= 15 is 0 Å². The van der Waals surface area contributed by atoms with Crippen LogP contribution in [0, 0.1) is 0 Å². The topological polar surface area (TPSA) is 92.4 Å². The van der Waals surface area contributed by atoms with E-state index < -0.39 is 12.0 Å². The molecule has 0 saturated heterocycles. The lowest BCUT2D eigenvalue weighted by molar-refractivity contribution is -0.141. The van der Waals surface area contributed by atoms with Crippen molar-refractivity contribution < 1.29 is 14.7 Å². The molecule has 0 aliphatic rings. The third kappa shape index (κ3) is 5.82. The molecule has 0 bridgehead atoms. The van der Waals surface area contributed by atoms with E-state index in [0.717, 1.165) is 5.75 Å². The number of hydrogen-bond donors (Lipinski definition) is 3. The minimum atomic E-state index is -1.09. The molecule has 0 aromatic carbocycles. The summed E-state index contributed by atoms with van der Waals surface area (Å²) in [6, 6.07) is -0.964. The van der Waals surface area contributed by atoms with Gasteiger partial charge in [0.15, 0.2) is 0 Å². The highest BCUT2D eigenvalue weighted by Crippen LogP contribution is 2.00. The minimum absolute atomic E-state index is 0.0814. The summed E-state index contributed by atoms with van der Waals surface area (Å²) in [5, 5.41) is 10.9. The van der Waals surface area contributed by atoms with Gasteiger partial charge in [0, 0.05) is 18.7 Å². The van der Waals surface area contributed by atoms with E-state index in [1.165, 1.54) is 0 Å². The fourth-order valence-corrected chi connectivity index (χ4v) is 1.42. The number of thioether (sulfide) groups is 1. The summed E-state index contributed by atoms with van der Waals surface area (Å²) in [6.07, 6.45) is 0.336. The van der Waals surface area contributed by atoms with Gasteiger partial charge in [0.1, 0.15) is 6.04 Å². The zero-order valence-electron chi connectivity index (χ0n) is 8.16. The summed E-state index contributed by atoms with van der Waals surface area (Å²) in [6.45, 7) is 1.92. The van der Waals surface area contributed by atoms with Crippen molar-refractivity contribution in [3.05, 3.63) is 0 Å². The van der Waals surface area contributed by atoms with E-state index in [1.54, 1.807) is 11.8 Å². The molecule has 82 valence electrons. The van der Waals surface area contributed by atoms with Crippen LogP contribution in [0.4, 0.5) is 0 Å². The maximum absolute atomic E-state index is 11.1. The zero-order chi connectivity index (χ0) is 11.0. The molecule has 5 nitrogen and oxygen atoms in total. The van der Waals surface area contributed by atoms with Crippen molar-refractivity contribution in [1.82, 2.24) is 5.32 Å². The average molecular weight is 220 g/mol. The molecule has 0 saturated carbocycles. The Balaban J connectivity index is 3.74. The number of rotatable bonds is 7. The van der Waals surface area contributed by atoms with Crippen LogP contribution in [0.2, 0.25) is 0 Å². The van der Waals surface area contributed by atoms with Crippen LogP contribution in [-0.4, -0.2) is 41.1 Å². The van der Waals surface area contributed by atoms with E-state index in [2.05, 4.69) is 5.32 Å². The quantitative estimate of drug-likeness (QED) is 0.510. The van der Waals surface area contributed by atoms with Gasteiger partial charge < -0.3 is 16.2 Å². The molecule has 0 heterocycles. The van der Waals surface area contributed by atoms with Crippen LogP contribution in [0.3, 0.4) is 0 Å². The van der Waals surface area contributed by atoms with Crippen LogP contribution in [0.5, 0.6) is 0 Å². The van der Waals surface area contributed by atoms with Crippen molar-refractivity contribution in [2.75, 3.05) is 18.1 Å². The number of aliphatic carboxylic acids is 1. The molecule has 0 aromatic heterocycles. The van der Waals surface area contributed by atoms with Crippen molar-refractivity contribution >= 4 is 23.6 Å². The first-order chi connectivity index (χ1) is 6.61. The first-order valence-electron chi connectivity index (χ1n) is 4.41. The van der Waals surface area contributed by atoms with Gasteiger partial charge in [0.05, 0.1) is 0 Å². The number of amides is 1. The van der Waals surface area contributed by atoms with Gasteiger partial charge in [-0.05, 0) is 5.75 Å². The highest BCUT2D eigenvalue weighted by molar-refractivity contribution is 7.99. The predicted octanol–water partition coefficient (Wildman–Crippen LogP) is -0.342. The molecule has 1 atom stereocenters. The molecule has 14 heavy (non-hydrogen) atoms. The lowest BCUT2D eigenvalue weighted by Crippen LogP contribution is -2.45. The Morgan fingerprint density at radius 3 is 2.64 bits per heavy atom. The molecule has 0 aromatic rings. The third-order valence-corrected chi connectivity index (χ3v) is 2.45. The average Bonchev–Trinajstić information content (AvgIpc) is 2.14. The Morgan fingerprint density at radius 1 is 1.57 bits per heavy atom. The number of nitrogens with two attached hydrogens (primary N) is 1. The van der Waals surface area contributed by atoms with Crippen molar-refractivity contribution in [1.29, 1.82) is 0 Å².